The number of esters is 1. The first-order valence-corrected chi connectivity index (χ1v) is 8.59. The molecule has 1 fully saturated rings. The summed E-state index contributed by atoms with van der Waals surface area (Å²) < 4.78 is 4.81. The molecule has 1 saturated carbocycles. The Morgan fingerprint density at radius 3 is 2.38 bits per heavy atom. The number of carbonyl (C=O) groups excluding carboxylic acids is 2. The van der Waals surface area contributed by atoms with Crippen molar-refractivity contribution in [2.24, 2.45) is 11.8 Å². The molecule has 1 aliphatic carbocycles. The van der Waals surface area contributed by atoms with Crippen molar-refractivity contribution < 1.29 is 19.4 Å². The van der Waals surface area contributed by atoms with Gasteiger partial charge in [-0.15, -0.1) is 0 Å². The number of aromatic hydroxyl groups is 1. The number of rotatable bonds is 4. The number of ether oxygens (including phenoxy) is 1. The van der Waals surface area contributed by atoms with Gasteiger partial charge >= 0.3 is 5.97 Å². The largest absolute Gasteiger partial charge is 0.508 e. The van der Waals surface area contributed by atoms with Crippen LogP contribution in [0, 0.1) is 11.8 Å². The number of hydrogen-bond acceptors (Lipinski definition) is 4. The van der Waals surface area contributed by atoms with E-state index < -0.39 is 5.97 Å². The van der Waals surface area contributed by atoms with Gasteiger partial charge in [0.1, 0.15) is 5.75 Å². The number of hydrogen-bond donors (Lipinski definition) is 1. The molecule has 0 atom stereocenters. The number of carbonyl (C=O) groups is 2. The SMILES string of the molecule is COC(=O)c1cc(O)ccc1N(C(=O)[C@H]1CC[C@H](C)CC1)C(C)C. The Kier molecular flexibility index (Phi) is 5.86. The average Bonchev–Trinajstić information content (AvgIpc) is 2.55. The maximum absolute atomic E-state index is 13.1. The van der Waals surface area contributed by atoms with Crippen LogP contribution in [0.2, 0.25) is 0 Å². The van der Waals surface area contributed by atoms with E-state index in [0.717, 1.165) is 25.7 Å². The number of methoxy groups -OCH3 is 1. The van der Waals surface area contributed by atoms with Crippen molar-refractivity contribution in [1.82, 2.24) is 0 Å². The minimum absolute atomic E-state index is 0.0112. The lowest BCUT2D eigenvalue weighted by molar-refractivity contribution is -0.123. The van der Waals surface area contributed by atoms with E-state index in [2.05, 4.69) is 6.92 Å². The molecule has 1 N–H and O–H groups in total. The second-order valence-electron chi connectivity index (χ2n) is 6.95. The van der Waals surface area contributed by atoms with Crippen LogP contribution >= 0.6 is 0 Å². The highest BCUT2D eigenvalue weighted by atomic mass is 16.5. The van der Waals surface area contributed by atoms with Gasteiger partial charge in [-0.05, 0) is 63.6 Å². The van der Waals surface area contributed by atoms with Gasteiger partial charge in [0.2, 0.25) is 5.91 Å². The second-order valence-corrected chi connectivity index (χ2v) is 6.95. The first kappa shape index (κ1) is 18.3. The number of nitrogens with zero attached hydrogens (tertiary/aromatic N) is 1. The minimum atomic E-state index is -0.559. The summed E-state index contributed by atoms with van der Waals surface area (Å²) in [5.41, 5.74) is 0.710. The van der Waals surface area contributed by atoms with Crippen molar-refractivity contribution >= 4 is 17.6 Å². The summed E-state index contributed by atoms with van der Waals surface area (Å²) in [6.07, 6.45) is 3.88. The smallest absolute Gasteiger partial charge is 0.340 e. The predicted octanol–water partition coefficient (Wildman–Crippen LogP) is 3.75. The summed E-state index contributed by atoms with van der Waals surface area (Å²) >= 11 is 0. The third-order valence-corrected chi connectivity index (χ3v) is 4.76. The van der Waals surface area contributed by atoms with E-state index in [0.29, 0.717) is 11.6 Å². The molecule has 0 unspecified atom stereocenters. The molecule has 5 heteroatoms. The molecule has 0 bridgehead atoms. The Balaban J connectivity index is 2.37. The van der Waals surface area contributed by atoms with E-state index in [1.54, 1.807) is 11.0 Å². The first-order chi connectivity index (χ1) is 11.3. The van der Waals surface area contributed by atoms with Crippen LogP contribution in [0.5, 0.6) is 5.75 Å². The molecule has 0 aliphatic heterocycles. The summed E-state index contributed by atoms with van der Waals surface area (Å²) in [7, 11) is 1.29. The Bertz CT molecular complexity index is 603. The lowest BCUT2D eigenvalue weighted by Gasteiger charge is -2.34. The summed E-state index contributed by atoms with van der Waals surface area (Å²) in [5, 5.41) is 9.71. The van der Waals surface area contributed by atoms with Gasteiger partial charge in [-0.1, -0.05) is 6.92 Å². The van der Waals surface area contributed by atoms with Crippen molar-refractivity contribution in [3.63, 3.8) is 0 Å². The van der Waals surface area contributed by atoms with Crippen LogP contribution in [0.4, 0.5) is 5.69 Å². The molecule has 0 heterocycles. The van der Waals surface area contributed by atoms with Gasteiger partial charge in [0.05, 0.1) is 18.4 Å². The van der Waals surface area contributed by atoms with Crippen molar-refractivity contribution in [2.75, 3.05) is 12.0 Å². The molecule has 1 aliphatic rings. The fraction of sp³-hybridized carbons (Fsp3) is 0.579. The Morgan fingerprint density at radius 2 is 1.83 bits per heavy atom. The fourth-order valence-electron chi connectivity index (χ4n) is 3.36. The molecular formula is C19H27NO4. The van der Waals surface area contributed by atoms with Crippen molar-refractivity contribution in [2.45, 2.75) is 52.5 Å². The molecule has 0 spiro atoms. The van der Waals surface area contributed by atoms with Gasteiger partial charge in [-0.3, -0.25) is 4.79 Å². The zero-order valence-electron chi connectivity index (χ0n) is 14.9. The van der Waals surface area contributed by atoms with Crippen LogP contribution in [-0.2, 0) is 9.53 Å². The predicted molar refractivity (Wildman–Crippen MR) is 93.2 cm³/mol. The van der Waals surface area contributed by atoms with Crippen LogP contribution in [0.25, 0.3) is 0 Å². The zero-order valence-corrected chi connectivity index (χ0v) is 14.9. The van der Waals surface area contributed by atoms with Crippen LogP contribution in [0.3, 0.4) is 0 Å². The molecule has 24 heavy (non-hydrogen) atoms. The van der Waals surface area contributed by atoms with E-state index >= 15 is 0 Å². The maximum atomic E-state index is 13.1. The molecule has 132 valence electrons. The number of amides is 1. The maximum Gasteiger partial charge on any atom is 0.340 e. The third-order valence-electron chi connectivity index (χ3n) is 4.76. The van der Waals surface area contributed by atoms with Gasteiger partial charge < -0.3 is 14.7 Å². The molecule has 1 amide bonds. The first-order valence-electron chi connectivity index (χ1n) is 8.59. The van der Waals surface area contributed by atoms with Crippen LogP contribution in [0.1, 0.15) is 56.8 Å². The van der Waals surface area contributed by atoms with Crippen molar-refractivity contribution in [3.05, 3.63) is 23.8 Å². The zero-order chi connectivity index (χ0) is 17.9. The minimum Gasteiger partial charge on any atom is -0.508 e. The normalized spacial score (nSPS) is 20.7. The monoisotopic (exact) mass is 333 g/mol. The van der Waals surface area contributed by atoms with Crippen molar-refractivity contribution in [3.8, 4) is 5.75 Å². The fourth-order valence-corrected chi connectivity index (χ4v) is 3.36. The van der Waals surface area contributed by atoms with Crippen molar-refractivity contribution in [1.29, 1.82) is 0 Å². The lowest BCUT2D eigenvalue weighted by Crippen LogP contribution is -2.43. The molecule has 0 saturated heterocycles. The molecule has 5 nitrogen and oxygen atoms in total. The quantitative estimate of drug-likeness (QED) is 0.852. The van der Waals surface area contributed by atoms with Gasteiger partial charge in [0.15, 0.2) is 0 Å². The van der Waals surface area contributed by atoms with Gasteiger partial charge in [-0.2, -0.15) is 0 Å². The number of phenolic OH excluding ortho intramolecular Hbond substituents is 1. The highest BCUT2D eigenvalue weighted by Crippen LogP contribution is 2.34. The number of benzene rings is 1. The molecular weight excluding hydrogens is 306 g/mol. The van der Waals surface area contributed by atoms with E-state index in [-0.39, 0.29) is 29.2 Å². The number of anilines is 1. The molecule has 2 rings (SSSR count). The molecule has 0 radical (unpaired) electrons. The van der Waals surface area contributed by atoms with Crippen LogP contribution in [-0.4, -0.2) is 30.1 Å². The molecule has 1 aromatic rings. The Morgan fingerprint density at radius 1 is 1.21 bits per heavy atom. The lowest BCUT2D eigenvalue weighted by atomic mass is 9.82. The summed E-state index contributed by atoms with van der Waals surface area (Å²) in [6, 6.07) is 4.37. The van der Waals surface area contributed by atoms with Gasteiger partial charge in [0.25, 0.3) is 0 Å². The Hall–Kier alpha value is -2.04. The number of phenols is 1. The third kappa shape index (κ3) is 3.89. The van der Waals surface area contributed by atoms with E-state index in [1.807, 2.05) is 13.8 Å². The Labute approximate surface area is 143 Å². The van der Waals surface area contributed by atoms with E-state index in [9.17, 15) is 14.7 Å². The summed E-state index contributed by atoms with van der Waals surface area (Å²) in [5.74, 6) is 0.120. The highest BCUT2D eigenvalue weighted by molar-refractivity contribution is 6.03. The van der Waals surface area contributed by atoms with Crippen LogP contribution < -0.4 is 4.90 Å². The highest BCUT2D eigenvalue weighted by Gasteiger charge is 2.32. The average molecular weight is 333 g/mol. The van der Waals surface area contributed by atoms with E-state index in [1.165, 1.54) is 19.2 Å². The molecule has 0 aromatic heterocycles. The summed E-state index contributed by atoms with van der Waals surface area (Å²) in [4.78, 5) is 26.9. The topological polar surface area (TPSA) is 66.8 Å². The van der Waals surface area contributed by atoms with Gasteiger partial charge in [-0.25, -0.2) is 4.79 Å². The summed E-state index contributed by atoms with van der Waals surface area (Å²) in [6.45, 7) is 6.07. The second kappa shape index (κ2) is 7.69. The van der Waals surface area contributed by atoms with E-state index in [4.69, 9.17) is 4.74 Å². The van der Waals surface area contributed by atoms with Crippen LogP contribution in [0.15, 0.2) is 18.2 Å². The molecule has 1 aromatic carbocycles. The standard InChI is InChI=1S/C19H27NO4/c1-12(2)20(18(22)14-7-5-13(3)6-8-14)17-10-9-15(21)11-16(17)19(23)24-4/h9-14,21H,5-8H2,1-4H3/t13-,14-. The van der Waals surface area contributed by atoms with Gasteiger partial charge in [0, 0.05) is 12.0 Å².